The van der Waals surface area contributed by atoms with Gasteiger partial charge in [-0.3, -0.25) is 14.4 Å². The average molecular weight is 717 g/mol. The lowest BCUT2D eigenvalue weighted by Crippen LogP contribution is -2.59. The zero-order chi connectivity index (χ0) is 35.6. The normalized spacial score (nSPS) is 21.5. The molecular weight excluding hydrogens is 673 g/mol. The Hall–Kier alpha value is -3.60. The van der Waals surface area contributed by atoms with Gasteiger partial charge in [-0.15, -0.1) is 0 Å². The number of benzene rings is 3. The smallest absolute Gasteiger partial charge is 0.339 e. The van der Waals surface area contributed by atoms with Crippen molar-refractivity contribution in [3.05, 3.63) is 93.5 Å². The highest BCUT2D eigenvalue weighted by Crippen LogP contribution is 2.52. The third-order valence-corrected chi connectivity index (χ3v) is 12.0. The first kappa shape index (κ1) is 37.2. The van der Waals surface area contributed by atoms with Gasteiger partial charge < -0.3 is 20.1 Å². The number of hydrogen-bond donors (Lipinski definition) is 3. The van der Waals surface area contributed by atoms with Gasteiger partial charge in [0, 0.05) is 55.2 Å². The predicted octanol–water partition coefficient (Wildman–Crippen LogP) is 8.27. The number of nitrogens with one attached hydrogen (secondary N) is 2. The largest absolute Gasteiger partial charge is 0.496 e. The van der Waals surface area contributed by atoms with Crippen molar-refractivity contribution >= 4 is 56.4 Å². The SMILES string of the molecule is COc1cc(NC(=O)C[C@@]2(C)C[C@H](c3cccc(Cl)c3)[C@@H](c3ccc(Cl)cc3)N(C(CS(=N)(=O)C(C)C)C(C)C)C2=O)ccc1C(=O)O. The minimum Gasteiger partial charge on any atom is -0.496 e. The van der Waals surface area contributed by atoms with Gasteiger partial charge >= 0.3 is 5.97 Å². The van der Waals surface area contributed by atoms with E-state index in [4.69, 9.17) is 32.7 Å². The van der Waals surface area contributed by atoms with E-state index in [1.807, 2.05) is 44.2 Å². The second kappa shape index (κ2) is 14.9. The van der Waals surface area contributed by atoms with Crippen molar-refractivity contribution in [3.8, 4) is 5.75 Å². The van der Waals surface area contributed by atoms with Gasteiger partial charge in [0.25, 0.3) is 0 Å². The molecule has 48 heavy (non-hydrogen) atoms. The summed E-state index contributed by atoms with van der Waals surface area (Å²) in [7, 11) is -1.76. The van der Waals surface area contributed by atoms with Crippen molar-refractivity contribution in [2.75, 3.05) is 18.2 Å². The summed E-state index contributed by atoms with van der Waals surface area (Å²) in [5, 5.41) is 12.9. The van der Waals surface area contributed by atoms with Crippen LogP contribution in [0.25, 0.3) is 0 Å². The molecule has 0 spiro atoms. The number of likely N-dealkylation sites (tertiary alicyclic amines) is 1. The number of hydrogen-bond acceptors (Lipinski definition) is 6. The highest BCUT2D eigenvalue weighted by Gasteiger charge is 2.53. The van der Waals surface area contributed by atoms with Gasteiger partial charge in [0.15, 0.2) is 0 Å². The number of carbonyl (C=O) groups excluding carboxylic acids is 2. The number of aromatic carboxylic acids is 1. The van der Waals surface area contributed by atoms with Gasteiger partial charge in [0.1, 0.15) is 11.3 Å². The number of anilines is 1. The minimum atomic E-state index is -3.10. The lowest BCUT2D eigenvalue weighted by atomic mass is 9.66. The number of nitrogens with zero attached hydrogens (tertiary/aromatic N) is 1. The number of carboxylic acids is 1. The first-order valence-corrected chi connectivity index (χ1v) is 18.3. The molecule has 12 heteroatoms. The van der Waals surface area contributed by atoms with Gasteiger partial charge in [-0.2, -0.15) is 0 Å². The van der Waals surface area contributed by atoms with E-state index in [-0.39, 0.29) is 47.7 Å². The monoisotopic (exact) mass is 715 g/mol. The summed E-state index contributed by atoms with van der Waals surface area (Å²) in [5.74, 6) is -2.35. The molecule has 9 nitrogen and oxygen atoms in total. The molecule has 4 rings (SSSR count). The van der Waals surface area contributed by atoms with Crippen LogP contribution in [0.2, 0.25) is 10.0 Å². The highest BCUT2D eigenvalue weighted by molar-refractivity contribution is 7.93. The molecule has 0 bridgehead atoms. The van der Waals surface area contributed by atoms with E-state index in [1.165, 1.54) is 25.3 Å². The third-order valence-electron chi connectivity index (χ3n) is 9.16. The first-order chi connectivity index (χ1) is 22.5. The molecule has 1 fully saturated rings. The van der Waals surface area contributed by atoms with E-state index >= 15 is 4.79 Å². The van der Waals surface area contributed by atoms with E-state index in [0.717, 1.165) is 11.1 Å². The molecule has 3 aromatic carbocycles. The van der Waals surface area contributed by atoms with Crippen LogP contribution < -0.4 is 10.1 Å². The number of methoxy groups -OCH3 is 1. The maximum absolute atomic E-state index is 15.0. The number of halogens is 2. The average Bonchev–Trinajstić information content (AvgIpc) is 3.01. The highest BCUT2D eigenvalue weighted by atomic mass is 35.5. The maximum atomic E-state index is 15.0. The van der Waals surface area contributed by atoms with E-state index in [2.05, 4.69) is 5.32 Å². The van der Waals surface area contributed by atoms with Crippen LogP contribution in [0.15, 0.2) is 66.7 Å². The third kappa shape index (κ3) is 8.15. The molecule has 2 unspecified atom stereocenters. The van der Waals surface area contributed by atoms with E-state index in [1.54, 1.807) is 43.9 Å². The van der Waals surface area contributed by atoms with E-state index in [9.17, 15) is 18.9 Å². The molecule has 1 aliphatic rings. The molecule has 0 radical (unpaired) electrons. The first-order valence-electron chi connectivity index (χ1n) is 15.8. The van der Waals surface area contributed by atoms with Crippen molar-refractivity contribution in [1.29, 1.82) is 4.78 Å². The molecule has 5 atom stereocenters. The van der Waals surface area contributed by atoms with Crippen LogP contribution in [0.1, 0.15) is 80.9 Å². The second-order valence-electron chi connectivity index (χ2n) is 13.3. The van der Waals surface area contributed by atoms with E-state index in [0.29, 0.717) is 15.7 Å². The number of rotatable bonds is 12. The van der Waals surface area contributed by atoms with Crippen molar-refractivity contribution in [3.63, 3.8) is 0 Å². The second-order valence-corrected chi connectivity index (χ2v) is 16.9. The molecule has 1 aliphatic heterocycles. The number of amides is 2. The van der Waals surface area contributed by atoms with Crippen LogP contribution in [0.4, 0.5) is 5.69 Å². The predicted molar refractivity (Wildman–Crippen MR) is 191 cm³/mol. The fourth-order valence-corrected chi connectivity index (χ4v) is 8.22. The molecule has 2 amide bonds. The zero-order valence-electron chi connectivity index (χ0n) is 28.0. The summed E-state index contributed by atoms with van der Waals surface area (Å²) >= 11 is 12.8. The molecule has 3 aromatic rings. The lowest BCUT2D eigenvalue weighted by molar-refractivity contribution is -0.157. The molecule has 0 saturated carbocycles. The van der Waals surface area contributed by atoms with Gasteiger partial charge in [0.2, 0.25) is 11.8 Å². The lowest BCUT2D eigenvalue weighted by Gasteiger charge is -2.53. The van der Waals surface area contributed by atoms with Crippen LogP contribution in [-0.2, 0) is 19.3 Å². The maximum Gasteiger partial charge on any atom is 0.339 e. The number of carbonyl (C=O) groups is 3. The Bertz CT molecular complexity index is 1780. The summed E-state index contributed by atoms with van der Waals surface area (Å²) in [6.45, 7) is 9.18. The summed E-state index contributed by atoms with van der Waals surface area (Å²) < 4.78 is 27.7. The molecule has 3 N–H and O–H groups in total. The van der Waals surface area contributed by atoms with Gasteiger partial charge in [0.05, 0.1) is 24.3 Å². The van der Waals surface area contributed by atoms with Gasteiger partial charge in [-0.25, -0.2) is 9.00 Å². The Morgan fingerprint density at radius 1 is 1.04 bits per heavy atom. The quantitative estimate of drug-likeness (QED) is 0.173. The molecular formula is C36H43Cl2N3O6S. The topological polar surface area (TPSA) is 137 Å². The van der Waals surface area contributed by atoms with Crippen molar-refractivity contribution < 1.29 is 28.4 Å². The Morgan fingerprint density at radius 2 is 1.71 bits per heavy atom. The van der Waals surface area contributed by atoms with Crippen LogP contribution >= 0.6 is 23.2 Å². The summed E-state index contributed by atoms with van der Waals surface area (Å²) in [6.07, 6.45) is 0.0941. The van der Waals surface area contributed by atoms with Gasteiger partial charge in [-0.1, -0.05) is 82.1 Å². The van der Waals surface area contributed by atoms with Crippen LogP contribution in [0, 0.1) is 16.1 Å². The number of carboxylic acid groups (broad SMARTS) is 1. The fraction of sp³-hybridized carbons (Fsp3) is 0.417. The standard InChI is InChI=1S/C36H43Cl2N3O6S/c1-21(2)30(20-48(39,46)22(3)4)41-33(23-10-12-25(37)13-11-23)29(24-8-7-9-26(38)16-24)18-36(5,35(41)45)19-32(42)40-27-14-15-28(34(43)44)31(17-27)47-6/h7-17,21-22,29-30,33,39H,18-20H2,1-6H3,(H,40,42)(H,43,44)/t29-,30?,33-,36-,48?/m1/s1. The minimum absolute atomic E-state index is 0.0293. The molecule has 0 aliphatic carbocycles. The molecule has 1 heterocycles. The molecule has 0 aromatic heterocycles. The van der Waals surface area contributed by atoms with E-state index < -0.39 is 44.4 Å². The van der Waals surface area contributed by atoms with Crippen molar-refractivity contribution in [2.45, 2.75) is 70.7 Å². The molecule has 1 saturated heterocycles. The van der Waals surface area contributed by atoms with Crippen LogP contribution in [0.3, 0.4) is 0 Å². The van der Waals surface area contributed by atoms with Crippen molar-refractivity contribution in [1.82, 2.24) is 4.90 Å². The van der Waals surface area contributed by atoms with Gasteiger partial charge in [-0.05, 0) is 59.9 Å². The summed E-state index contributed by atoms with van der Waals surface area (Å²) in [4.78, 5) is 42.1. The number of ether oxygens (including phenoxy) is 1. The summed E-state index contributed by atoms with van der Waals surface area (Å²) in [5.41, 5.74) is 0.742. The van der Waals surface area contributed by atoms with Crippen LogP contribution in [-0.4, -0.2) is 56.2 Å². The number of piperidine rings is 1. The van der Waals surface area contributed by atoms with Crippen molar-refractivity contribution in [2.24, 2.45) is 11.3 Å². The Morgan fingerprint density at radius 3 is 2.27 bits per heavy atom. The van der Waals surface area contributed by atoms with Crippen LogP contribution in [0.5, 0.6) is 5.75 Å². The Labute approximate surface area is 292 Å². The summed E-state index contributed by atoms with van der Waals surface area (Å²) in [6, 6.07) is 17.9. The zero-order valence-corrected chi connectivity index (χ0v) is 30.3. The Kier molecular flexibility index (Phi) is 11.5. The fourth-order valence-electron chi connectivity index (χ4n) is 6.46. The Balaban J connectivity index is 1.85. The molecule has 258 valence electrons.